The van der Waals surface area contributed by atoms with Gasteiger partial charge in [0.2, 0.25) is 5.91 Å². The first-order chi connectivity index (χ1) is 14.0. The molecule has 4 rings (SSSR count). The maximum Gasteiger partial charge on any atom is 0.226 e. The molecule has 5 nitrogen and oxygen atoms in total. The van der Waals surface area contributed by atoms with Gasteiger partial charge in [0, 0.05) is 32.0 Å². The Balaban J connectivity index is 1.33. The summed E-state index contributed by atoms with van der Waals surface area (Å²) in [5.41, 5.74) is 0.760. The predicted octanol–water partition coefficient (Wildman–Crippen LogP) is 4.00. The van der Waals surface area contributed by atoms with Crippen molar-refractivity contribution in [2.75, 3.05) is 26.3 Å². The van der Waals surface area contributed by atoms with E-state index in [1.165, 1.54) is 6.07 Å². The quantitative estimate of drug-likeness (QED) is 0.745. The van der Waals surface area contributed by atoms with Crippen LogP contribution < -0.4 is 14.2 Å². The van der Waals surface area contributed by atoms with E-state index in [4.69, 9.17) is 25.8 Å². The number of ether oxygens (including phenoxy) is 3. The minimum atomic E-state index is -0.723. The highest BCUT2D eigenvalue weighted by Gasteiger charge is 2.25. The van der Waals surface area contributed by atoms with Crippen LogP contribution in [0.4, 0.5) is 8.78 Å². The minimum absolute atomic E-state index is 0.0239. The van der Waals surface area contributed by atoms with Crippen molar-refractivity contribution in [2.45, 2.75) is 25.4 Å². The van der Waals surface area contributed by atoms with Gasteiger partial charge in [-0.3, -0.25) is 4.79 Å². The fourth-order valence-corrected chi connectivity index (χ4v) is 3.81. The maximum atomic E-state index is 13.7. The summed E-state index contributed by atoms with van der Waals surface area (Å²) in [6, 6.07) is 6.75. The minimum Gasteiger partial charge on any atom is -0.487 e. The number of rotatable bonds is 4. The van der Waals surface area contributed by atoms with Gasteiger partial charge in [-0.05, 0) is 29.8 Å². The first-order valence-corrected chi connectivity index (χ1v) is 9.85. The van der Waals surface area contributed by atoms with E-state index >= 15 is 0 Å². The summed E-state index contributed by atoms with van der Waals surface area (Å²) in [6.45, 7) is 1.90. The van der Waals surface area contributed by atoms with E-state index in [0.717, 1.165) is 17.7 Å². The number of halogens is 3. The van der Waals surface area contributed by atoms with E-state index in [0.29, 0.717) is 55.7 Å². The summed E-state index contributed by atoms with van der Waals surface area (Å²) in [7, 11) is 0. The van der Waals surface area contributed by atoms with Crippen LogP contribution in [-0.2, 0) is 11.2 Å². The van der Waals surface area contributed by atoms with Gasteiger partial charge in [-0.2, -0.15) is 0 Å². The van der Waals surface area contributed by atoms with Crippen molar-refractivity contribution in [3.63, 3.8) is 0 Å². The molecule has 0 bridgehead atoms. The Kier molecular flexibility index (Phi) is 5.76. The second-order valence-electron chi connectivity index (χ2n) is 7.05. The lowest BCUT2D eigenvalue weighted by Gasteiger charge is -2.32. The van der Waals surface area contributed by atoms with Crippen molar-refractivity contribution >= 4 is 17.5 Å². The molecule has 2 aliphatic heterocycles. The number of carbonyl (C=O) groups is 1. The second kappa shape index (κ2) is 8.45. The molecule has 0 atom stereocenters. The summed E-state index contributed by atoms with van der Waals surface area (Å²) >= 11 is 6.23. The van der Waals surface area contributed by atoms with Crippen LogP contribution in [0.3, 0.4) is 0 Å². The molecule has 0 unspecified atom stereocenters. The van der Waals surface area contributed by atoms with Gasteiger partial charge in [-0.1, -0.05) is 11.6 Å². The standard InChI is InChI=1S/C21H20ClF2NO4/c22-16-9-13(10-19-21(16)28-8-7-27-19)11-20(26)25-5-3-15(4-6-25)29-18-2-1-14(23)12-17(18)24/h1-2,9-10,12,15H,3-8,11H2. The first-order valence-electron chi connectivity index (χ1n) is 9.47. The van der Waals surface area contributed by atoms with Crippen LogP contribution in [0.2, 0.25) is 5.02 Å². The Morgan fingerprint density at radius 1 is 1.14 bits per heavy atom. The number of hydrogen-bond acceptors (Lipinski definition) is 4. The van der Waals surface area contributed by atoms with Crippen LogP contribution in [-0.4, -0.2) is 43.2 Å². The van der Waals surface area contributed by atoms with E-state index in [1.807, 2.05) is 0 Å². The molecule has 1 amide bonds. The Hall–Kier alpha value is -2.54. The zero-order valence-electron chi connectivity index (χ0n) is 15.6. The van der Waals surface area contributed by atoms with Crippen LogP contribution in [0.25, 0.3) is 0 Å². The molecule has 0 aromatic heterocycles. The van der Waals surface area contributed by atoms with Gasteiger partial charge in [0.1, 0.15) is 25.1 Å². The zero-order chi connectivity index (χ0) is 20.4. The van der Waals surface area contributed by atoms with Crippen molar-refractivity contribution in [1.29, 1.82) is 0 Å². The van der Waals surface area contributed by atoms with Crippen LogP contribution >= 0.6 is 11.6 Å². The van der Waals surface area contributed by atoms with Crippen molar-refractivity contribution in [3.8, 4) is 17.2 Å². The molecular formula is C21H20ClF2NO4. The number of benzene rings is 2. The molecule has 2 heterocycles. The molecule has 154 valence electrons. The molecule has 29 heavy (non-hydrogen) atoms. The highest BCUT2D eigenvalue weighted by atomic mass is 35.5. The van der Waals surface area contributed by atoms with Crippen LogP contribution in [0.1, 0.15) is 18.4 Å². The predicted molar refractivity (Wildman–Crippen MR) is 103 cm³/mol. The van der Waals surface area contributed by atoms with Gasteiger partial charge >= 0.3 is 0 Å². The van der Waals surface area contributed by atoms with Gasteiger partial charge < -0.3 is 19.1 Å². The fraction of sp³-hybridized carbons (Fsp3) is 0.381. The average molecular weight is 424 g/mol. The smallest absolute Gasteiger partial charge is 0.226 e. The lowest BCUT2D eigenvalue weighted by Crippen LogP contribution is -2.42. The summed E-state index contributed by atoms with van der Waals surface area (Å²) in [6.07, 6.45) is 1.13. The number of carbonyl (C=O) groups excluding carboxylic acids is 1. The normalized spacial score (nSPS) is 16.6. The molecule has 0 aliphatic carbocycles. The Labute approximate surface area is 172 Å². The number of nitrogens with zero attached hydrogens (tertiary/aromatic N) is 1. The molecule has 1 fully saturated rings. The Morgan fingerprint density at radius 3 is 2.66 bits per heavy atom. The molecule has 8 heteroatoms. The molecule has 0 radical (unpaired) electrons. The van der Waals surface area contributed by atoms with Crippen LogP contribution in [0.15, 0.2) is 30.3 Å². The van der Waals surface area contributed by atoms with E-state index in [1.54, 1.807) is 17.0 Å². The number of piperidine rings is 1. The third-order valence-electron chi connectivity index (χ3n) is 4.99. The van der Waals surface area contributed by atoms with Gasteiger partial charge in [0.05, 0.1) is 11.4 Å². The van der Waals surface area contributed by atoms with E-state index in [9.17, 15) is 13.6 Å². The molecule has 0 spiro atoms. The lowest BCUT2D eigenvalue weighted by atomic mass is 10.1. The topological polar surface area (TPSA) is 48.0 Å². The SMILES string of the molecule is O=C(Cc1cc(Cl)c2c(c1)OCCO2)N1CCC(Oc2ccc(F)cc2F)CC1. The van der Waals surface area contributed by atoms with Crippen molar-refractivity contribution in [1.82, 2.24) is 4.90 Å². The Morgan fingerprint density at radius 2 is 1.90 bits per heavy atom. The zero-order valence-corrected chi connectivity index (χ0v) is 16.4. The molecule has 0 N–H and O–H groups in total. The number of likely N-dealkylation sites (tertiary alicyclic amines) is 1. The van der Waals surface area contributed by atoms with Gasteiger partial charge in [0.15, 0.2) is 23.1 Å². The molecule has 2 aromatic carbocycles. The van der Waals surface area contributed by atoms with E-state index < -0.39 is 11.6 Å². The highest BCUT2D eigenvalue weighted by molar-refractivity contribution is 6.32. The summed E-state index contributed by atoms with van der Waals surface area (Å²) in [5.74, 6) is -0.292. The third kappa shape index (κ3) is 4.56. The van der Waals surface area contributed by atoms with Crippen molar-refractivity contribution in [2.24, 2.45) is 0 Å². The molecule has 2 aliphatic rings. The number of amides is 1. The van der Waals surface area contributed by atoms with Gasteiger partial charge in [-0.25, -0.2) is 8.78 Å². The fourth-order valence-electron chi connectivity index (χ4n) is 3.53. The summed E-state index contributed by atoms with van der Waals surface area (Å²) < 4.78 is 43.4. The molecule has 2 aromatic rings. The van der Waals surface area contributed by atoms with Crippen LogP contribution in [0.5, 0.6) is 17.2 Å². The first kappa shape index (κ1) is 19.8. The number of fused-ring (bicyclic) bond motifs is 1. The lowest BCUT2D eigenvalue weighted by molar-refractivity contribution is -0.132. The van der Waals surface area contributed by atoms with Crippen molar-refractivity contribution in [3.05, 3.63) is 52.6 Å². The van der Waals surface area contributed by atoms with Crippen molar-refractivity contribution < 1.29 is 27.8 Å². The summed E-state index contributed by atoms with van der Waals surface area (Å²) in [5, 5.41) is 0.429. The maximum absolute atomic E-state index is 13.7. The molecule has 1 saturated heterocycles. The largest absolute Gasteiger partial charge is 0.487 e. The van der Waals surface area contributed by atoms with E-state index in [-0.39, 0.29) is 24.2 Å². The third-order valence-corrected chi connectivity index (χ3v) is 5.27. The average Bonchev–Trinajstić information content (AvgIpc) is 2.71. The monoisotopic (exact) mass is 423 g/mol. The van der Waals surface area contributed by atoms with Gasteiger partial charge in [-0.15, -0.1) is 0 Å². The highest BCUT2D eigenvalue weighted by Crippen LogP contribution is 2.38. The number of hydrogen-bond donors (Lipinski definition) is 0. The molecule has 0 saturated carbocycles. The second-order valence-corrected chi connectivity index (χ2v) is 7.46. The summed E-state index contributed by atoms with van der Waals surface area (Å²) in [4.78, 5) is 14.4. The van der Waals surface area contributed by atoms with E-state index in [2.05, 4.69) is 0 Å². The van der Waals surface area contributed by atoms with Crippen LogP contribution in [0, 0.1) is 11.6 Å². The molecular weight excluding hydrogens is 404 g/mol. The van der Waals surface area contributed by atoms with Gasteiger partial charge in [0.25, 0.3) is 0 Å². The Bertz CT molecular complexity index is 916.